The number of fused-ring (bicyclic) bond motifs is 3. The van der Waals surface area contributed by atoms with Crippen LogP contribution in [0.3, 0.4) is 0 Å². The van der Waals surface area contributed by atoms with Gasteiger partial charge >= 0.3 is 0 Å². The third-order valence-electron chi connectivity index (χ3n) is 3.96. The van der Waals surface area contributed by atoms with Crippen molar-refractivity contribution >= 4 is 39.1 Å². The van der Waals surface area contributed by atoms with E-state index in [-0.39, 0.29) is 5.69 Å². The Labute approximate surface area is 136 Å². The zero-order valence-corrected chi connectivity index (χ0v) is 12.7. The Hall–Kier alpha value is -2.85. The monoisotopic (exact) mass is 322 g/mol. The van der Waals surface area contributed by atoms with Gasteiger partial charge in [0, 0.05) is 22.9 Å². The van der Waals surface area contributed by atoms with Crippen LogP contribution in [0.4, 0.5) is 5.69 Å². The molecular weight excluding hydrogens is 312 g/mol. The van der Waals surface area contributed by atoms with E-state index in [1.165, 1.54) is 12.1 Å². The molecule has 0 radical (unpaired) electrons. The maximum absolute atomic E-state index is 10.9. The number of nitrogens with zero attached hydrogens (tertiary/aromatic N) is 2. The molecule has 112 valence electrons. The highest BCUT2D eigenvalue weighted by molar-refractivity contribution is 6.33. The molecule has 0 spiro atoms. The lowest BCUT2D eigenvalue weighted by Crippen LogP contribution is -1.96. The molecule has 0 N–H and O–H groups in total. The van der Waals surface area contributed by atoms with E-state index in [9.17, 15) is 10.1 Å². The van der Waals surface area contributed by atoms with E-state index in [0.717, 1.165) is 27.5 Å². The number of nitro benzene ring substituents is 1. The van der Waals surface area contributed by atoms with Crippen molar-refractivity contribution in [2.45, 2.75) is 0 Å². The fourth-order valence-corrected chi connectivity index (χ4v) is 3.23. The summed E-state index contributed by atoms with van der Waals surface area (Å²) in [7, 11) is 0. The first-order chi connectivity index (χ1) is 11.2. The highest BCUT2D eigenvalue weighted by Gasteiger charge is 2.15. The van der Waals surface area contributed by atoms with Crippen molar-refractivity contribution in [2.75, 3.05) is 0 Å². The van der Waals surface area contributed by atoms with Gasteiger partial charge in [-0.15, -0.1) is 0 Å². The zero-order valence-electron chi connectivity index (χ0n) is 11.9. The lowest BCUT2D eigenvalue weighted by molar-refractivity contribution is -0.384. The van der Waals surface area contributed by atoms with Crippen LogP contribution >= 0.6 is 11.6 Å². The summed E-state index contributed by atoms with van der Waals surface area (Å²) < 4.78 is 2.04. The van der Waals surface area contributed by atoms with Crippen LogP contribution in [0.2, 0.25) is 5.02 Å². The van der Waals surface area contributed by atoms with Crippen LogP contribution in [0.5, 0.6) is 0 Å². The van der Waals surface area contributed by atoms with Crippen molar-refractivity contribution in [2.24, 2.45) is 0 Å². The summed E-state index contributed by atoms with van der Waals surface area (Å²) >= 11 is 6.34. The average molecular weight is 323 g/mol. The number of halogens is 1. The molecule has 5 heteroatoms. The second-order valence-corrected chi connectivity index (χ2v) is 5.67. The van der Waals surface area contributed by atoms with Crippen molar-refractivity contribution in [1.29, 1.82) is 0 Å². The maximum atomic E-state index is 10.9. The topological polar surface area (TPSA) is 48.1 Å². The lowest BCUT2D eigenvalue weighted by atomic mass is 10.2. The molecule has 0 fully saturated rings. The number of hydrogen-bond donors (Lipinski definition) is 0. The van der Waals surface area contributed by atoms with Gasteiger partial charge in [-0.3, -0.25) is 10.1 Å². The largest absolute Gasteiger partial charge is 0.308 e. The Bertz CT molecular complexity index is 1020. The molecule has 1 aromatic heterocycles. The first-order valence-electron chi connectivity index (χ1n) is 7.09. The second-order valence-electron chi connectivity index (χ2n) is 5.26. The number of nitro groups is 1. The summed E-state index contributed by atoms with van der Waals surface area (Å²) in [6.07, 6.45) is 0. The molecule has 0 saturated heterocycles. The minimum absolute atomic E-state index is 0.0143. The highest BCUT2D eigenvalue weighted by Crippen LogP contribution is 2.35. The van der Waals surface area contributed by atoms with Crippen LogP contribution < -0.4 is 0 Å². The fourth-order valence-electron chi connectivity index (χ4n) is 2.97. The summed E-state index contributed by atoms with van der Waals surface area (Å²) in [6.45, 7) is 0. The minimum atomic E-state index is -0.443. The van der Waals surface area contributed by atoms with Gasteiger partial charge in [0.05, 0.1) is 26.7 Å². The van der Waals surface area contributed by atoms with Crippen molar-refractivity contribution in [3.05, 3.63) is 81.9 Å². The minimum Gasteiger partial charge on any atom is -0.308 e. The summed E-state index contributed by atoms with van der Waals surface area (Å²) in [4.78, 5) is 10.5. The van der Waals surface area contributed by atoms with E-state index >= 15 is 0 Å². The molecule has 3 aromatic carbocycles. The van der Waals surface area contributed by atoms with E-state index in [1.807, 2.05) is 41.0 Å². The summed E-state index contributed by atoms with van der Waals surface area (Å²) in [5.74, 6) is 0. The Morgan fingerprint density at radius 2 is 1.43 bits per heavy atom. The van der Waals surface area contributed by atoms with E-state index in [1.54, 1.807) is 6.07 Å². The Morgan fingerprint density at radius 1 is 0.870 bits per heavy atom. The predicted molar refractivity (Wildman–Crippen MR) is 92.4 cm³/mol. The molecule has 0 aliphatic rings. The normalized spacial score (nSPS) is 11.2. The number of para-hydroxylation sites is 2. The summed E-state index contributed by atoms with van der Waals surface area (Å²) in [5.41, 5.74) is 2.75. The van der Waals surface area contributed by atoms with Crippen molar-refractivity contribution < 1.29 is 4.92 Å². The van der Waals surface area contributed by atoms with Gasteiger partial charge in [-0.25, -0.2) is 0 Å². The quantitative estimate of drug-likeness (QED) is 0.369. The Kier molecular flexibility index (Phi) is 3.06. The molecular formula is C18H11ClN2O2. The predicted octanol–water partition coefficient (Wildman–Crippen LogP) is 5.35. The van der Waals surface area contributed by atoms with Gasteiger partial charge in [-0.1, -0.05) is 48.0 Å². The molecule has 0 aliphatic heterocycles. The lowest BCUT2D eigenvalue weighted by Gasteiger charge is -2.09. The van der Waals surface area contributed by atoms with Gasteiger partial charge in [0.25, 0.3) is 5.69 Å². The molecule has 4 nitrogen and oxygen atoms in total. The van der Waals surface area contributed by atoms with Crippen LogP contribution in [0.15, 0.2) is 66.7 Å². The Balaban J connectivity index is 2.10. The van der Waals surface area contributed by atoms with Gasteiger partial charge in [0.2, 0.25) is 0 Å². The SMILES string of the molecule is O=[N+]([O-])c1ccc(-n2c3ccccc3c3ccccc32)c(Cl)c1. The van der Waals surface area contributed by atoms with Crippen LogP contribution in [0, 0.1) is 10.1 Å². The molecule has 1 heterocycles. The number of rotatable bonds is 2. The van der Waals surface area contributed by atoms with Crippen molar-refractivity contribution in [1.82, 2.24) is 4.57 Å². The number of hydrogen-bond acceptors (Lipinski definition) is 2. The molecule has 0 atom stereocenters. The van der Waals surface area contributed by atoms with Crippen LogP contribution in [0.1, 0.15) is 0 Å². The number of benzene rings is 3. The van der Waals surface area contributed by atoms with Gasteiger partial charge in [0.15, 0.2) is 0 Å². The maximum Gasteiger partial charge on any atom is 0.271 e. The van der Waals surface area contributed by atoms with Gasteiger partial charge < -0.3 is 4.57 Å². The summed E-state index contributed by atoms with van der Waals surface area (Å²) in [5, 5.41) is 13.5. The molecule has 0 bridgehead atoms. The number of non-ortho nitro benzene ring substituents is 1. The van der Waals surface area contributed by atoms with Crippen molar-refractivity contribution in [3.63, 3.8) is 0 Å². The fraction of sp³-hybridized carbons (Fsp3) is 0. The zero-order chi connectivity index (χ0) is 16.0. The van der Waals surface area contributed by atoms with E-state index in [2.05, 4.69) is 12.1 Å². The van der Waals surface area contributed by atoms with Gasteiger partial charge in [-0.05, 0) is 18.2 Å². The molecule has 23 heavy (non-hydrogen) atoms. The van der Waals surface area contributed by atoms with E-state index in [0.29, 0.717) is 5.02 Å². The Morgan fingerprint density at radius 3 is 1.96 bits per heavy atom. The summed E-state index contributed by atoms with van der Waals surface area (Å²) in [6, 6.07) is 20.7. The van der Waals surface area contributed by atoms with Crippen LogP contribution in [-0.2, 0) is 0 Å². The molecule has 4 aromatic rings. The van der Waals surface area contributed by atoms with Crippen LogP contribution in [-0.4, -0.2) is 9.49 Å². The smallest absolute Gasteiger partial charge is 0.271 e. The first kappa shape index (κ1) is 13.8. The van der Waals surface area contributed by atoms with Gasteiger partial charge in [-0.2, -0.15) is 0 Å². The highest BCUT2D eigenvalue weighted by atomic mass is 35.5. The molecule has 4 rings (SSSR count). The number of aromatic nitrogens is 1. The molecule has 0 aliphatic carbocycles. The molecule has 0 saturated carbocycles. The second kappa shape index (κ2) is 5.11. The van der Waals surface area contributed by atoms with Gasteiger partial charge in [0.1, 0.15) is 0 Å². The van der Waals surface area contributed by atoms with Crippen molar-refractivity contribution in [3.8, 4) is 5.69 Å². The molecule has 0 unspecified atom stereocenters. The molecule has 0 amide bonds. The third-order valence-corrected chi connectivity index (χ3v) is 4.27. The first-order valence-corrected chi connectivity index (χ1v) is 7.47. The average Bonchev–Trinajstić information content (AvgIpc) is 2.89. The van der Waals surface area contributed by atoms with E-state index < -0.39 is 4.92 Å². The van der Waals surface area contributed by atoms with Crippen LogP contribution in [0.25, 0.3) is 27.5 Å². The van der Waals surface area contributed by atoms with E-state index in [4.69, 9.17) is 11.6 Å². The standard InChI is InChI=1S/C18H11ClN2O2/c19-15-11-12(21(22)23)9-10-18(15)20-16-7-3-1-5-13(16)14-6-2-4-8-17(14)20/h1-11H. The third kappa shape index (κ3) is 2.07.